The minimum atomic E-state index is -0.710. The molecule has 0 saturated carbocycles. The van der Waals surface area contributed by atoms with E-state index >= 15 is 0 Å². The number of carbonyl (C=O) groups excluding carboxylic acids is 2. The Bertz CT molecular complexity index is 994. The van der Waals surface area contributed by atoms with Gasteiger partial charge in [0.25, 0.3) is 11.8 Å². The van der Waals surface area contributed by atoms with Gasteiger partial charge in [-0.25, -0.2) is 0 Å². The fourth-order valence-electron chi connectivity index (χ4n) is 2.78. The lowest BCUT2D eigenvalue weighted by Crippen LogP contribution is -2.33. The molecule has 3 aromatic rings. The Morgan fingerprint density at radius 2 is 1.83 bits per heavy atom. The van der Waals surface area contributed by atoms with Crippen LogP contribution in [0.3, 0.4) is 0 Å². The number of ether oxygens (including phenoxy) is 1. The summed E-state index contributed by atoms with van der Waals surface area (Å²) in [7, 11) is 0. The van der Waals surface area contributed by atoms with Crippen LogP contribution in [0.1, 0.15) is 29.3 Å². The van der Waals surface area contributed by atoms with Gasteiger partial charge in [0, 0.05) is 24.0 Å². The molecular formula is C23H22ClN3O3. The summed E-state index contributed by atoms with van der Waals surface area (Å²) in [5.41, 5.74) is 1.68. The van der Waals surface area contributed by atoms with Crippen molar-refractivity contribution in [2.45, 2.75) is 26.0 Å². The molecule has 2 amide bonds. The molecule has 0 saturated heterocycles. The van der Waals surface area contributed by atoms with Crippen molar-refractivity contribution >= 4 is 29.1 Å². The van der Waals surface area contributed by atoms with Gasteiger partial charge in [0.2, 0.25) is 0 Å². The number of benzene rings is 2. The molecular weight excluding hydrogens is 402 g/mol. The normalized spacial score (nSPS) is 11.4. The van der Waals surface area contributed by atoms with Crippen molar-refractivity contribution < 1.29 is 14.3 Å². The van der Waals surface area contributed by atoms with Gasteiger partial charge < -0.3 is 15.4 Å². The van der Waals surface area contributed by atoms with Gasteiger partial charge in [-0.05, 0) is 54.4 Å². The molecule has 6 nitrogen and oxygen atoms in total. The van der Waals surface area contributed by atoms with Crippen LogP contribution in [0.15, 0.2) is 73.1 Å². The summed E-state index contributed by atoms with van der Waals surface area (Å²) in [5, 5.41) is 6.24. The summed E-state index contributed by atoms with van der Waals surface area (Å²) < 4.78 is 5.78. The van der Waals surface area contributed by atoms with Crippen LogP contribution in [0, 0.1) is 0 Å². The van der Waals surface area contributed by atoms with Crippen molar-refractivity contribution in [3.05, 3.63) is 89.2 Å². The third kappa shape index (κ3) is 5.81. The summed E-state index contributed by atoms with van der Waals surface area (Å²) in [6.45, 7) is 2.19. The van der Waals surface area contributed by atoms with Crippen molar-refractivity contribution in [1.82, 2.24) is 10.3 Å². The van der Waals surface area contributed by atoms with Gasteiger partial charge in [-0.15, -0.1) is 0 Å². The number of hydrogen-bond donors (Lipinski definition) is 2. The van der Waals surface area contributed by atoms with Crippen LogP contribution < -0.4 is 15.4 Å². The van der Waals surface area contributed by atoms with Gasteiger partial charge >= 0.3 is 0 Å². The molecule has 0 bridgehead atoms. The van der Waals surface area contributed by atoms with Crippen LogP contribution in [0.25, 0.3) is 0 Å². The molecule has 1 heterocycles. The van der Waals surface area contributed by atoms with Crippen molar-refractivity contribution in [3.63, 3.8) is 0 Å². The molecule has 1 aromatic heterocycles. The lowest BCUT2D eigenvalue weighted by Gasteiger charge is -2.18. The molecule has 0 fully saturated rings. The van der Waals surface area contributed by atoms with Gasteiger partial charge in [0.15, 0.2) is 6.10 Å². The first-order chi connectivity index (χ1) is 14.6. The lowest BCUT2D eigenvalue weighted by atomic mass is 10.1. The van der Waals surface area contributed by atoms with Crippen molar-refractivity contribution in [2.75, 3.05) is 5.32 Å². The van der Waals surface area contributed by atoms with Gasteiger partial charge in [-0.2, -0.15) is 0 Å². The molecule has 0 radical (unpaired) electrons. The van der Waals surface area contributed by atoms with Crippen molar-refractivity contribution in [3.8, 4) is 5.75 Å². The highest BCUT2D eigenvalue weighted by molar-refractivity contribution is 6.30. The maximum Gasteiger partial charge on any atom is 0.265 e. The first kappa shape index (κ1) is 21.3. The first-order valence-corrected chi connectivity index (χ1v) is 9.94. The average molecular weight is 424 g/mol. The third-order valence-corrected chi connectivity index (χ3v) is 4.61. The van der Waals surface area contributed by atoms with Crippen LogP contribution in [0.5, 0.6) is 5.75 Å². The van der Waals surface area contributed by atoms with E-state index in [4.69, 9.17) is 16.3 Å². The third-order valence-electron chi connectivity index (χ3n) is 4.36. The van der Waals surface area contributed by atoms with E-state index in [9.17, 15) is 9.59 Å². The predicted octanol–water partition coefficient (Wildman–Crippen LogP) is 4.46. The van der Waals surface area contributed by atoms with Crippen LogP contribution in [-0.4, -0.2) is 22.9 Å². The van der Waals surface area contributed by atoms with Crippen LogP contribution in [0.4, 0.5) is 5.69 Å². The fraction of sp³-hybridized carbons (Fsp3) is 0.174. The van der Waals surface area contributed by atoms with Crippen molar-refractivity contribution in [2.24, 2.45) is 0 Å². The van der Waals surface area contributed by atoms with E-state index in [2.05, 4.69) is 15.6 Å². The Morgan fingerprint density at radius 3 is 2.53 bits per heavy atom. The molecule has 0 aliphatic heterocycles. The minimum absolute atomic E-state index is 0.290. The highest BCUT2D eigenvalue weighted by Gasteiger charge is 2.21. The number of pyridine rings is 1. The van der Waals surface area contributed by atoms with Crippen LogP contribution in [0.2, 0.25) is 5.02 Å². The Balaban J connectivity index is 1.67. The maximum absolute atomic E-state index is 12.8. The van der Waals surface area contributed by atoms with E-state index in [-0.39, 0.29) is 11.8 Å². The van der Waals surface area contributed by atoms with Gasteiger partial charge in [0.05, 0.1) is 11.3 Å². The molecule has 3 rings (SSSR count). The molecule has 154 valence electrons. The zero-order chi connectivity index (χ0) is 21.3. The second kappa shape index (κ2) is 10.4. The first-order valence-electron chi connectivity index (χ1n) is 9.56. The van der Waals surface area contributed by atoms with Crippen LogP contribution >= 0.6 is 11.6 Å². The Hall–Kier alpha value is -3.38. The minimum Gasteiger partial charge on any atom is -0.481 e. The van der Waals surface area contributed by atoms with E-state index in [1.54, 1.807) is 67.0 Å². The van der Waals surface area contributed by atoms with E-state index in [0.717, 1.165) is 5.56 Å². The Morgan fingerprint density at radius 1 is 1.07 bits per heavy atom. The molecule has 0 aliphatic carbocycles. The van der Waals surface area contributed by atoms with Crippen molar-refractivity contribution in [1.29, 1.82) is 0 Å². The number of para-hydroxylation sites is 1. The molecule has 7 heteroatoms. The smallest absolute Gasteiger partial charge is 0.265 e. The van der Waals surface area contributed by atoms with E-state index in [1.807, 2.05) is 13.0 Å². The zero-order valence-corrected chi connectivity index (χ0v) is 17.2. The Labute approximate surface area is 180 Å². The maximum atomic E-state index is 12.8. The summed E-state index contributed by atoms with van der Waals surface area (Å²) >= 11 is 5.89. The number of nitrogens with zero attached hydrogens (tertiary/aromatic N) is 1. The SMILES string of the molecule is CCC(Oc1ccc(Cl)cc1)C(=O)Nc1ccccc1C(=O)NCc1cccnc1. The number of halogens is 1. The number of carbonyl (C=O) groups is 2. The van der Waals surface area contributed by atoms with Gasteiger partial charge in [-0.3, -0.25) is 14.6 Å². The number of anilines is 1. The van der Waals surface area contributed by atoms with E-state index in [0.29, 0.717) is 35.0 Å². The standard InChI is InChI=1S/C23H22ClN3O3/c1-2-21(30-18-11-9-17(24)10-12-18)23(29)27-20-8-4-3-7-19(20)22(28)26-15-16-6-5-13-25-14-16/h3-14,21H,2,15H2,1H3,(H,26,28)(H,27,29). The number of aromatic nitrogens is 1. The average Bonchev–Trinajstić information content (AvgIpc) is 2.78. The molecule has 0 spiro atoms. The molecule has 1 atom stereocenters. The highest BCUT2D eigenvalue weighted by Crippen LogP contribution is 2.20. The Kier molecular flexibility index (Phi) is 7.40. The quantitative estimate of drug-likeness (QED) is 0.560. The molecule has 2 aromatic carbocycles. The lowest BCUT2D eigenvalue weighted by molar-refractivity contribution is -0.122. The number of rotatable bonds is 8. The second-order valence-corrected chi connectivity index (χ2v) is 6.98. The number of nitrogens with one attached hydrogen (secondary N) is 2. The van der Waals surface area contributed by atoms with E-state index < -0.39 is 6.10 Å². The fourth-order valence-corrected chi connectivity index (χ4v) is 2.91. The van der Waals surface area contributed by atoms with E-state index in [1.165, 1.54) is 0 Å². The van der Waals surface area contributed by atoms with Crippen LogP contribution in [-0.2, 0) is 11.3 Å². The summed E-state index contributed by atoms with van der Waals surface area (Å²) in [6.07, 6.45) is 3.11. The highest BCUT2D eigenvalue weighted by atomic mass is 35.5. The molecule has 0 aliphatic rings. The monoisotopic (exact) mass is 423 g/mol. The largest absolute Gasteiger partial charge is 0.481 e. The topological polar surface area (TPSA) is 80.3 Å². The number of hydrogen-bond acceptors (Lipinski definition) is 4. The molecule has 2 N–H and O–H groups in total. The summed E-state index contributed by atoms with van der Waals surface area (Å²) in [5.74, 6) is -0.0784. The molecule has 30 heavy (non-hydrogen) atoms. The summed E-state index contributed by atoms with van der Waals surface area (Å²) in [4.78, 5) is 29.5. The number of amides is 2. The van der Waals surface area contributed by atoms with Gasteiger partial charge in [0.1, 0.15) is 5.75 Å². The second-order valence-electron chi connectivity index (χ2n) is 6.55. The summed E-state index contributed by atoms with van der Waals surface area (Å²) in [6, 6.07) is 17.3. The zero-order valence-electron chi connectivity index (χ0n) is 16.5. The van der Waals surface area contributed by atoms with Gasteiger partial charge in [-0.1, -0.05) is 36.7 Å². The predicted molar refractivity (Wildman–Crippen MR) is 117 cm³/mol. The molecule has 1 unspecified atom stereocenters.